The third-order valence-corrected chi connectivity index (χ3v) is 4.59. The Labute approximate surface area is 183 Å². The highest BCUT2D eigenvalue weighted by Crippen LogP contribution is 2.22. The molecule has 0 bridgehead atoms. The normalized spacial score (nSPS) is 13.6. The third kappa shape index (κ3) is 5.67. The van der Waals surface area contributed by atoms with Crippen LogP contribution < -0.4 is 22.2 Å². The Morgan fingerprint density at radius 2 is 1.16 bits per heavy atom. The minimum atomic E-state index is 0.247. The molecule has 6 N–H and O–H groups in total. The maximum Gasteiger partial charge on any atom is 0.172 e. The van der Waals surface area contributed by atoms with Crippen molar-refractivity contribution in [2.24, 2.45) is 22.3 Å². The first-order chi connectivity index (χ1) is 15.1. The number of amidine groups is 1. The second kappa shape index (κ2) is 10.5. The second-order valence-corrected chi connectivity index (χ2v) is 6.77. The van der Waals surface area contributed by atoms with E-state index in [1.165, 1.54) is 11.1 Å². The SMILES string of the molecule is C(=Cc1ccccc1)c1ccccc1.CCN1N=C(N)C(N)=C(N)N1c1ccccc1. The molecule has 6 nitrogen and oxygen atoms in total. The highest BCUT2D eigenvalue weighted by molar-refractivity contribution is 5.97. The fourth-order valence-electron chi connectivity index (χ4n) is 2.97. The van der Waals surface area contributed by atoms with Crippen molar-refractivity contribution < 1.29 is 0 Å². The van der Waals surface area contributed by atoms with Crippen LogP contribution in [0.15, 0.2) is 108 Å². The van der Waals surface area contributed by atoms with Crippen molar-refractivity contribution in [3.05, 3.63) is 114 Å². The molecule has 0 saturated carbocycles. The second-order valence-electron chi connectivity index (χ2n) is 6.77. The number of para-hydroxylation sites is 1. The van der Waals surface area contributed by atoms with Crippen LogP contribution in [0, 0.1) is 0 Å². The van der Waals surface area contributed by atoms with Gasteiger partial charge in [-0.1, -0.05) is 91.0 Å². The van der Waals surface area contributed by atoms with Crippen LogP contribution in [0.25, 0.3) is 12.2 Å². The Bertz CT molecular complexity index is 1000. The number of hydrazone groups is 1. The first-order valence-electron chi connectivity index (χ1n) is 10.1. The Balaban J connectivity index is 0.000000179. The first kappa shape index (κ1) is 21.5. The number of benzene rings is 3. The lowest BCUT2D eigenvalue weighted by molar-refractivity contribution is 0.289. The molecule has 0 fully saturated rings. The van der Waals surface area contributed by atoms with E-state index < -0.39 is 0 Å². The molecule has 0 spiro atoms. The van der Waals surface area contributed by atoms with E-state index in [4.69, 9.17) is 17.2 Å². The van der Waals surface area contributed by atoms with Gasteiger partial charge in [0.2, 0.25) is 0 Å². The van der Waals surface area contributed by atoms with Gasteiger partial charge in [-0.15, -0.1) is 5.10 Å². The van der Waals surface area contributed by atoms with Gasteiger partial charge in [0, 0.05) is 0 Å². The van der Waals surface area contributed by atoms with Gasteiger partial charge in [0.15, 0.2) is 11.7 Å². The predicted octanol–water partition coefficient (Wildman–Crippen LogP) is 3.96. The van der Waals surface area contributed by atoms with Crippen molar-refractivity contribution in [1.29, 1.82) is 0 Å². The molecule has 1 aliphatic rings. The zero-order valence-corrected chi connectivity index (χ0v) is 17.6. The van der Waals surface area contributed by atoms with Gasteiger partial charge in [-0.05, 0) is 30.2 Å². The predicted molar refractivity (Wildman–Crippen MR) is 130 cm³/mol. The summed E-state index contributed by atoms with van der Waals surface area (Å²) in [7, 11) is 0. The number of hydrogen-bond donors (Lipinski definition) is 3. The molecule has 1 heterocycles. The van der Waals surface area contributed by atoms with Crippen molar-refractivity contribution in [2.45, 2.75) is 6.92 Å². The van der Waals surface area contributed by atoms with E-state index in [1.807, 2.05) is 73.7 Å². The molecule has 0 unspecified atom stereocenters. The lowest BCUT2D eigenvalue weighted by Crippen LogP contribution is -2.49. The average molecular weight is 413 g/mol. The summed E-state index contributed by atoms with van der Waals surface area (Å²) in [5, 5.41) is 7.60. The van der Waals surface area contributed by atoms with Gasteiger partial charge in [0.05, 0.1) is 12.2 Å². The molecule has 0 amide bonds. The van der Waals surface area contributed by atoms with E-state index in [9.17, 15) is 0 Å². The first-order valence-corrected chi connectivity index (χ1v) is 10.1. The number of hydrogen-bond acceptors (Lipinski definition) is 6. The summed E-state index contributed by atoms with van der Waals surface area (Å²) in [5.41, 5.74) is 21.1. The van der Waals surface area contributed by atoms with Gasteiger partial charge >= 0.3 is 0 Å². The van der Waals surface area contributed by atoms with Crippen molar-refractivity contribution >= 4 is 23.7 Å². The summed E-state index contributed by atoms with van der Waals surface area (Å²) in [6, 6.07) is 30.3. The number of nitrogens with zero attached hydrogens (tertiary/aromatic N) is 3. The molecule has 31 heavy (non-hydrogen) atoms. The maximum absolute atomic E-state index is 5.99. The lowest BCUT2D eigenvalue weighted by Gasteiger charge is -2.37. The van der Waals surface area contributed by atoms with Gasteiger partial charge in [-0.25, -0.2) is 5.01 Å². The van der Waals surface area contributed by atoms with Crippen LogP contribution in [0.5, 0.6) is 0 Å². The minimum Gasteiger partial charge on any atom is -0.393 e. The zero-order valence-electron chi connectivity index (χ0n) is 17.6. The molecular weight excluding hydrogens is 384 g/mol. The summed E-state index contributed by atoms with van der Waals surface area (Å²) in [6.45, 7) is 2.60. The Hall–Kier alpha value is -4.19. The Morgan fingerprint density at radius 3 is 1.61 bits per heavy atom. The molecule has 0 aliphatic carbocycles. The van der Waals surface area contributed by atoms with Crippen molar-refractivity contribution in [3.8, 4) is 0 Å². The van der Waals surface area contributed by atoms with Crippen LogP contribution in [0.4, 0.5) is 5.69 Å². The molecule has 158 valence electrons. The highest BCUT2D eigenvalue weighted by Gasteiger charge is 2.24. The van der Waals surface area contributed by atoms with Crippen molar-refractivity contribution in [3.63, 3.8) is 0 Å². The van der Waals surface area contributed by atoms with E-state index in [-0.39, 0.29) is 5.84 Å². The van der Waals surface area contributed by atoms with Crippen LogP contribution in [-0.4, -0.2) is 17.5 Å². The molecule has 6 heteroatoms. The monoisotopic (exact) mass is 412 g/mol. The van der Waals surface area contributed by atoms with Gasteiger partial charge < -0.3 is 17.2 Å². The molecule has 1 aliphatic heterocycles. The van der Waals surface area contributed by atoms with E-state index in [2.05, 4.69) is 41.5 Å². The largest absolute Gasteiger partial charge is 0.393 e. The quantitative estimate of drug-likeness (QED) is 0.564. The fourth-order valence-corrected chi connectivity index (χ4v) is 2.97. The van der Waals surface area contributed by atoms with Crippen molar-refractivity contribution in [1.82, 2.24) is 5.12 Å². The molecule has 0 radical (unpaired) electrons. The lowest BCUT2D eigenvalue weighted by atomic mass is 10.1. The number of anilines is 1. The number of rotatable bonds is 4. The van der Waals surface area contributed by atoms with Crippen LogP contribution >= 0.6 is 0 Å². The average Bonchev–Trinajstić information content (AvgIpc) is 2.83. The molecule has 0 saturated heterocycles. The smallest absolute Gasteiger partial charge is 0.172 e. The highest BCUT2D eigenvalue weighted by atomic mass is 15.8. The van der Waals surface area contributed by atoms with Gasteiger partial charge in [0.25, 0.3) is 0 Å². The standard InChI is InChI=1S/C14H12.C11H16N6/c1-3-7-13(8-4-1)11-12-14-9-5-2-6-10-14;1-2-16-15-10(13)9(12)11(14)17(16)8-6-4-3-5-7-8/h1-12H;3-7H,2,12,14H2,1H3,(H2,13,15). The molecule has 4 rings (SSSR count). The van der Waals surface area contributed by atoms with E-state index >= 15 is 0 Å². The summed E-state index contributed by atoms with van der Waals surface area (Å²) >= 11 is 0. The Morgan fingerprint density at radius 1 is 0.710 bits per heavy atom. The van der Waals surface area contributed by atoms with E-state index in [0.717, 1.165) is 5.69 Å². The summed E-state index contributed by atoms with van der Waals surface area (Å²) in [4.78, 5) is 0. The zero-order chi connectivity index (χ0) is 22.1. The van der Waals surface area contributed by atoms with Crippen LogP contribution in [-0.2, 0) is 0 Å². The molecule has 0 aromatic heterocycles. The third-order valence-electron chi connectivity index (χ3n) is 4.59. The summed E-state index contributed by atoms with van der Waals surface area (Å²) < 4.78 is 0. The van der Waals surface area contributed by atoms with Crippen LogP contribution in [0.3, 0.4) is 0 Å². The summed E-state index contributed by atoms with van der Waals surface area (Å²) in [5.74, 6) is 0.641. The van der Waals surface area contributed by atoms with Crippen LogP contribution in [0.2, 0.25) is 0 Å². The van der Waals surface area contributed by atoms with Gasteiger partial charge in [0.1, 0.15) is 5.70 Å². The maximum atomic E-state index is 5.99. The fraction of sp³-hybridized carbons (Fsp3) is 0.0800. The van der Waals surface area contributed by atoms with E-state index in [0.29, 0.717) is 18.1 Å². The van der Waals surface area contributed by atoms with Crippen LogP contribution in [0.1, 0.15) is 18.1 Å². The molecule has 3 aromatic rings. The number of nitrogens with two attached hydrogens (primary N) is 3. The molecule has 0 atom stereocenters. The Kier molecular flexibility index (Phi) is 7.32. The minimum absolute atomic E-state index is 0.247. The molecular formula is C25H28N6. The topological polar surface area (TPSA) is 96.9 Å². The summed E-state index contributed by atoms with van der Waals surface area (Å²) in [6.07, 6.45) is 4.24. The number of hydrazine groups is 1. The van der Waals surface area contributed by atoms with Crippen molar-refractivity contribution in [2.75, 3.05) is 11.6 Å². The van der Waals surface area contributed by atoms with Gasteiger partial charge in [-0.2, -0.15) is 5.12 Å². The van der Waals surface area contributed by atoms with Gasteiger partial charge in [-0.3, -0.25) is 0 Å². The molecule has 3 aromatic carbocycles. The van der Waals surface area contributed by atoms with E-state index in [1.54, 1.807) is 10.1 Å².